The fourth-order valence-corrected chi connectivity index (χ4v) is 5.51. The molecule has 0 bridgehead atoms. The summed E-state index contributed by atoms with van der Waals surface area (Å²) in [6.07, 6.45) is -0.189. The number of oxazole rings is 1. The molecule has 180 valence electrons. The SMILES string of the molecule is COc1ccc(-c2nc(S(=O)(=O)c3ccc4c(c3)OCCO4)c(N3CC(C)OC(C)C3)o2)cc1. The highest BCUT2D eigenvalue weighted by Crippen LogP contribution is 2.39. The minimum atomic E-state index is -4.03. The number of methoxy groups -OCH3 is 1. The Kier molecular flexibility index (Phi) is 5.86. The first kappa shape index (κ1) is 22.5. The molecule has 1 fully saturated rings. The summed E-state index contributed by atoms with van der Waals surface area (Å²) in [4.78, 5) is 6.41. The lowest BCUT2D eigenvalue weighted by Crippen LogP contribution is -2.45. The normalized spacial score (nSPS) is 20.3. The molecule has 3 heterocycles. The standard InChI is InChI=1S/C24H26N2O7S/c1-15-13-26(14-16(2)32-15)24-23(25-22(33-24)17-4-6-18(29-3)7-5-17)34(27,28)19-8-9-20-21(12-19)31-11-10-30-20/h4-9,12,15-16H,10-11,13-14H2,1-3H3. The van der Waals surface area contributed by atoms with Gasteiger partial charge in [-0.25, -0.2) is 8.42 Å². The van der Waals surface area contributed by atoms with Crippen LogP contribution in [0.1, 0.15) is 13.8 Å². The van der Waals surface area contributed by atoms with Crippen molar-refractivity contribution < 1.29 is 31.8 Å². The maximum atomic E-state index is 13.8. The van der Waals surface area contributed by atoms with Crippen molar-refractivity contribution in [3.63, 3.8) is 0 Å². The molecule has 0 amide bonds. The van der Waals surface area contributed by atoms with Gasteiger partial charge in [0.25, 0.3) is 0 Å². The Bertz CT molecular complexity index is 1280. The molecule has 3 aromatic rings. The van der Waals surface area contributed by atoms with E-state index in [4.69, 9.17) is 23.4 Å². The summed E-state index contributed by atoms with van der Waals surface area (Å²) in [5.74, 6) is 1.99. The van der Waals surface area contributed by atoms with Gasteiger partial charge in [-0.3, -0.25) is 0 Å². The molecule has 0 radical (unpaired) electrons. The highest BCUT2D eigenvalue weighted by molar-refractivity contribution is 7.91. The number of hydrogen-bond donors (Lipinski definition) is 0. The fourth-order valence-electron chi connectivity index (χ4n) is 4.18. The number of benzene rings is 2. The third-order valence-corrected chi connectivity index (χ3v) is 7.35. The number of aromatic nitrogens is 1. The van der Waals surface area contributed by atoms with E-state index in [-0.39, 0.29) is 33.9 Å². The zero-order chi connectivity index (χ0) is 23.9. The van der Waals surface area contributed by atoms with Gasteiger partial charge in [0, 0.05) is 24.7 Å². The van der Waals surface area contributed by atoms with Gasteiger partial charge in [0.2, 0.25) is 26.6 Å². The number of nitrogens with zero attached hydrogens (tertiary/aromatic N) is 2. The van der Waals surface area contributed by atoms with Crippen LogP contribution in [0.3, 0.4) is 0 Å². The largest absolute Gasteiger partial charge is 0.497 e. The Hall–Kier alpha value is -3.24. The molecule has 1 aromatic heterocycles. The number of morpholine rings is 1. The molecule has 1 saturated heterocycles. The Morgan fingerprint density at radius 1 is 0.971 bits per heavy atom. The number of hydrogen-bond acceptors (Lipinski definition) is 9. The fraction of sp³-hybridized carbons (Fsp3) is 0.375. The van der Waals surface area contributed by atoms with E-state index in [1.165, 1.54) is 12.1 Å². The average molecular weight is 487 g/mol. The number of fused-ring (bicyclic) bond motifs is 1. The summed E-state index contributed by atoms with van der Waals surface area (Å²) in [7, 11) is -2.45. The van der Waals surface area contributed by atoms with E-state index in [1.54, 1.807) is 37.4 Å². The molecule has 0 spiro atoms. The van der Waals surface area contributed by atoms with Crippen LogP contribution < -0.4 is 19.1 Å². The van der Waals surface area contributed by atoms with Crippen molar-refractivity contribution in [2.75, 3.05) is 38.3 Å². The van der Waals surface area contributed by atoms with Gasteiger partial charge < -0.3 is 28.3 Å². The minimum absolute atomic E-state index is 0.0573. The number of sulfone groups is 1. The van der Waals surface area contributed by atoms with Crippen LogP contribution >= 0.6 is 0 Å². The van der Waals surface area contributed by atoms with Crippen molar-refractivity contribution in [2.45, 2.75) is 36.0 Å². The molecule has 2 aliphatic heterocycles. The molecule has 0 saturated carbocycles. The molecule has 2 aromatic carbocycles. The van der Waals surface area contributed by atoms with Crippen molar-refractivity contribution in [1.29, 1.82) is 0 Å². The lowest BCUT2D eigenvalue weighted by atomic mass is 10.2. The summed E-state index contributed by atoms with van der Waals surface area (Å²) >= 11 is 0. The predicted octanol–water partition coefficient (Wildman–Crippen LogP) is 3.57. The predicted molar refractivity (Wildman–Crippen MR) is 124 cm³/mol. The Morgan fingerprint density at radius 3 is 2.32 bits per heavy atom. The molecule has 9 nitrogen and oxygen atoms in total. The second-order valence-electron chi connectivity index (χ2n) is 8.33. The zero-order valence-electron chi connectivity index (χ0n) is 19.2. The second kappa shape index (κ2) is 8.84. The molecular weight excluding hydrogens is 460 g/mol. The first-order valence-electron chi connectivity index (χ1n) is 11.1. The maximum Gasteiger partial charge on any atom is 0.236 e. The smallest absolute Gasteiger partial charge is 0.236 e. The topological polar surface area (TPSA) is 100 Å². The quantitative estimate of drug-likeness (QED) is 0.536. The van der Waals surface area contributed by atoms with E-state index in [0.29, 0.717) is 49.1 Å². The van der Waals surface area contributed by atoms with E-state index >= 15 is 0 Å². The molecule has 34 heavy (non-hydrogen) atoms. The summed E-state index contributed by atoms with van der Waals surface area (Å²) in [5, 5.41) is -0.142. The first-order valence-corrected chi connectivity index (χ1v) is 12.5. The van der Waals surface area contributed by atoms with Crippen LogP contribution in [-0.2, 0) is 14.6 Å². The maximum absolute atomic E-state index is 13.8. The van der Waals surface area contributed by atoms with Gasteiger partial charge in [-0.2, -0.15) is 4.98 Å². The van der Waals surface area contributed by atoms with Gasteiger partial charge in [-0.1, -0.05) is 0 Å². The highest BCUT2D eigenvalue weighted by Gasteiger charge is 2.35. The van der Waals surface area contributed by atoms with Crippen LogP contribution in [0.25, 0.3) is 11.5 Å². The zero-order valence-corrected chi connectivity index (χ0v) is 20.0. The van der Waals surface area contributed by atoms with Gasteiger partial charge >= 0.3 is 0 Å². The molecule has 0 aliphatic carbocycles. The summed E-state index contributed by atoms with van der Waals surface area (Å²) in [6.45, 7) is 5.62. The van der Waals surface area contributed by atoms with Gasteiger partial charge in [-0.05, 0) is 50.2 Å². The van der Waals surface area contributed by atoms with Gasteiger partial charge in [0.05, 0.1) is 24.2 Å². The van der Waals surface area contributed by atoms with Gasteiger partial charge in [0.15, 0.2) is 11.5 Å². The monoisotopic (exact) mass is 486 g/mol. The Morgan fingerprint density at radius 2 is 1.65 bits per heavy atom. The minimum Gasteiger partial charge on any atom is -0.497 e. The third-order valence-electron chi connectivity index (χ3n) is 5.70. The molecule has 2 atom stereocenters. The molecule has 10 heteroatoms. The van der Waals surface area contributed by atoms with Crippen molar-refractivity contribution >= 4 is 15.7 Å². The van der Waals surface area contributed by atoms with E-state index in [0.717, 1.165) is 0 Å². The van der Waals surface area contributed by atoms with E-state index in [2.05, 4.69) is 4.98 Å². The number of anilines is 1. The first-order chi connectivity index (χ1) is 16.3. The lowest BCUT2D eigenvalue weighted by Gasteiger charge is -2.35. The van der Waals surface area contributed by atoms with Crippen LogP contribution in [0.2, 0.25) is 0 Å². The van der Waals surface area contributed by atoms with Crippen molar-refractivity contribution in [3.05, 3.63) is 42.5 Å². The highest BCUT2D eigenvalue weighted by atomic mass is 32.2. The van der Waals surface area contributed by atoms with Crippen LogP contribution in [-0.4, -0.2) is 59.0 Å². The molecular formula is C24H26N2O7S. The van der Waals surface area contributed by atoms with Crippen LogP contribution in [0.15, 0.2) is 56.8 Å². The second-order valence-corrected chi connectivity index (χ2v) is 10.2. The average Bonchev–Trinajstić information content (AvgIpc) is 3.30. The summed E-state index contributed by atoms with van der Waals surface area (Å²) in [5.41, 5.74) is 0.639. The van der Waals surface area contributed by atoms with Crippen molar-refractivity contribution in [2.24, 2.45) is 0 Å². The van der Waals surface area contributed by atoms with E-state index in [9.17, 15) is 8.42 Å². The Labute approximate surface area is 198 Å². The third kappa shape index (κ3) is 4.19. The van der Waals surface area contributed by atoms with Crippen LogP contribution in [0, 0.1) is 0 Å². The number of rotatable bonds is 5. The molecule has 0 N–H and O–H groups in total. The van der Waals surface area contributed by atoms with Crippen molar-refractivity contribution in [3.8, 4) is 28.7 Å². The van der Waals surface area contributed by atoms with E-state index < -0.39 is 9.84 Å². The number of ether oxygens (including phenoxy) is 4. The molecule has 2 unspecified atom stereocenters. The molecule has 2 aliphatic rings. The van der Waals surface area contributed by atoms with Crippen LogP contribution in [0.4, 0.5) is 5.88 Å². The molecule has 5 rings (SSSR count). The summed E-state index contributed by atoms with van der Waals surface area (Å²) < 4.78 is 55.9. The van der Waals surface area contributed by atoms with E-state index in [1.807, 2.05) is 18.7 Å². The lowest BCUT2D eigenvalue weighted by molar-refractivity contribution is -0.00657. The summed E-state index contributed by atoms with van der Waals surface area (Å²) in [6, 6.07) is 11.7. The Balaban J connectivity index is 1.61. The van der Waals surface area contributed by atoms with Crippen molar-refractivity contribution in [1.82, 2.24) is 4.98 Å². The van der Waals surface area contributed by atoms with Gasteiger partial charge in [-0.15, -0.1) is 0 Å². The van der Waals surface area contributed by atoms with Crippen LogP contribution in [0.5, 0.6) is 17.2 Å². The van der Waals surface area contributed by atoms with Gasteiger partial charge in [0.1, 0.15) is 19.0 Å².